The summed E-state index contributed by atoms with van der Waals surface area (Å²) in [5.41, 5.74) is 1.70. The second-order valence-electron chi connectivity index (χ2n) is 7.76. The summed E-state index contributed by atoms with van der Waals surface area (Å²) in [7, 11) is 4.68. The van der Waals surface area contributed by atoms with Crippen molar-refractivity contribution in [3.63, 3.8) is 0 Å². The van der Waals surface area contributed by atoms with Gasteiger partial charge >= 0.3 is 0 Å². The number of amides is 1. The molecular weight excluding hydrogens is 436 g/mol. The van der Waals surface area contributed by atoms with Crippen molar-refractivity contribution < 1.29 is 19.0 Å². The monoisotopic (exact) mass is 464 g/mol. The molecule has 1 saturated heterocycles. The van der Waals surface area contributed by atoms with Crippen LogP contribution in [0.25, 0.3) is 11.9 Å². The summed E-state index contributed by atoms with van der Waals surface area (Å²) in [6.07, 6.45) is 5.17. The molecule has 0 atom stereocenters. The second kappa shape index (κ2) is 10.2. The van der Waals surface area contributed by atoms with Crippen LogP contribution >= 0.6 is 0 Å². The van der Waals surface area contributed by atoms with E-state index in [9.17, 15) is 4.79 Å². The molecule has 0 spiro atoms. The number of methoxy groups -OCH3 is 3. The van der Waals surface area contributed by atoms with Crippen molar-refractivity contribution in [2.24, 2.45) is 0 Å². The van der Waals surface area contributed by atoms with Crippen molar-refractivity contribution in [3.8, 4) is 23.1 Å². The molecular formula is C24H28N6O4. The van der Waals surface area contributed by atoms with Gasteiger partial charge in [-0.15, -0.1) is 10.2 Å². The molecule has 178 valence electrons. The first-order chi connectivity index (χ1) is 16.5. The third kappa shape index (κ3) is 4.95. The van der Waals surface area contributed by atoms with Crippen molar-refractivity contribution in [1.82, 2.24) is 24.9 Å². The van der Waals surface area contributed by atoms with E-state index in [2.05, 4.69) is 20.2 Å². The Morgan fingerprint density at radius 2 is 1.56 bits per heavy atom. The number of nitrogens with zero attached hydrogens (tertiary/aromatic N) is 6. The number of aryl methyl sites for hydroxylation is 1. The molecule has 4 rings (SSSR count). The third-order valence-corrected chi connectivity index (χ3v) is 5.61. The van der Waals surface area contributed by atoms with Crippen molar-refractivity contribution in [3.05, 3.63) is 53.9 Å². The summed E-state index contributed by atoms with van der Waals surface area (Å²) in [4.78, 5) is 16.7. The largest absolute Gasteiger partial charge is 0.493 e. The van der Waals surface area contributed by atoms with Gasteiger partial charge in [-0.05, 0) is 48.9 Å². The Morgan fingerprint density at radius 1 is 0.912 bits per heavy atom. The van der Waals surface area contributed by atoms with E-state index in [1.165, 1.54) is 0 Å². The number of benzene rings is 1. The van der Waals surface area contributed by atoms with Crippen LogP contribution in [0, 0.1) is 6.92 Å². The molecule has 1 aliphatic heterocycles. The molecule has 10 nitrogen and oxygen atoms in total. The van der Waals surface area contributed by atoms with Gasteiger partial charge in [0.1, 0.15) is 0 Å². The van der Waals surface area contributed by atoms with E-state index in [1.54, 1.807) is 50.3 Å². The van der Waals surface area contributed by atoms with Gasteiger partial charge in [0.2, 0.25) is 11.7 Å². The molecule has 1 fully saturated rings. The van der Waals surface area contributed by atoms with Crippen LogP contribution in [0.2, 0.25) is 0 Å². The maximum atomic E-state index is 12.7. The zero-order valence-corrected chi connectivity index (χ0v) is 19.8. The number of hydrogen-bond acceptors (Lipinski definition) is 8. The number of piperazine rings is 1. The van der Waals surface area contributed by atoms with E-state index < -0.39 is 0 Å². The summed E-state index contributed by atoms with van der Waals surface area (Å²) in [5, 5.41) is 13.0. The average molecular weight is 465 g/mol. The van der Waals surface area contributed by atoms with Crippen LogP contribution in [0.5, 0.6) is 17.2 Å². The van der Waals surface area contributed by atoms with Gasteiger partial charge in [0.05, 0.1) is 27.0 Å². The van der Waals surface area contributed by atoms with Crippen LogP contribution < -0.4 is 19.1 Å². The smallest absolute Gasteiger partial charge is 0.246 e. The first-order valence-electron chi connectivity index (χ1n) is 10.9. The van der Waals surface area contributed by atoms with Crippen LogP contribution in [0.1, 0.15) is 11.3 Å². The first-order valence-corrected chi connectivity index (χ1v) is 10.9. The molecule has 1 amide bonds. The molecule has 3 heterocycles. The van der Waals surface area contributed by atoms with Crippen LogP contribution in [-0.2, 0) is 4.79 Å². The van der Waals surface area contributed by atoms with Crippen LogP contribution in [-0.4, -0.2) is 78.3 Å². The zero-order chi connectivity index (χ0) is 24.1. The summed E-state index contributed by atoms with van der Waals surface area (Å²) in [5.74, 6) is 2.99. The lowest BCUT2D eigenvalue weighted by molar-refractivity contribution is -0.126. The molecule has 10 heteroatoms. The van der Waals surface area contributed by atoms with E-state index in [1.807, 2.05) is 36.2 Å². The quantitative estimate of drug-likeness (QED) is 0.492. The molecule has 0 aliphatic carbocycles. The molecule has 0 radical (unpaired) electrons. The van der Waals surface area contributed by atoms with Crippen LogP contribution in [0.15, 0.2) is 42.6 Å². The van der Waals surface area contributed by atoms with E-state index >= 15 is 0 Å². The number of anilines is 1. The SMILES string of the molecule is COc1cc(/C=C/C(=O)N2CCN(c3ccc(-n4ccc(C)n4)nn3)CC2)cc(OC)c1OC. The highest BCUT2D eigenvalue weighted by atomic mass is 16.5. The van der Waals surface area contributed by atoms with E-state index in [4.69, 9.17) is 14.2 Å². The van der Waals surface area contributed by atoms with Gasteiger partial charge in [-0.25, -0.2) is 4.68 Å². The summed E-state index contributed by atoms with van der Waals surface area (Å²) in [6, 6.07) is 9.35. The molecule has 0 bridgehead atoms. The lowest BCUT2D eigenvalue weighted by atomic mass is 10.1. The normalized spacial score (nSPS) is 13.9. The van der Waals surface area contributed by atoms with Gasteiger partial charge in [-0.2, -0.15) is 5.10 Å². The average Bonchev–Trinajstić information content (AvgIpc) is 3.32. The topological polar surface area (TPSA) is 94.8 Å². The lowest BCUT2D eigenvalue weighted by Crippen LogP contribution is -2.48. The lowest BCUT2D eigenvalue weighted by Gasteiger charge is -2.34. The maximum absolute atomic E-state index is 12.7. The molecule has 2 aromatic heterocycles. The Kier molecular flexibility index (Phi) is 6.95. The Balaban J connectivity index is 1.36. The summed E-state index contributed by atoms with van der Waals surface area (Å²) >= 11 is 0. The number of carbonyl (C=O) groups is 1. The fourth-order valence-corrected chi connectivity index (χ4v) is 3.78. The van der Waals surface area contributed by atoms with Crippen molar-refractivity contribution >= 4 is 17.8 Å². The van der Waals surface area contributed by atoms with Crippen LogP contribution in [0.4, 0.5) is 5.82 Å². The predicted octanol–water partition coefficient (Wildman–Crippen LogP) is 2.36. The van der Waals surface area contributed by atoms with Crippen molar-refractivity contribution in [2.75, 3.05) is 52.4 Å². The van der Waals surface area contributed by atoms with Crippen LogP contribution in [0.3, 0.4) is 0 Å². The first kappa shape index (κ1) is 23.1. The number of carbonyl (C=O) groups excluding carboxylic acids is 1. The standard InChI is InChI=1S/C24H28N6O4/c1-17-9-10-30(27-17)22-7-6-21(25-26-22)28-11-13-29(14-12-28)23(31)8-5-18-15-19(32-2)24(34-4)20(16-18)33-3/h5-10,15-16H,11-14H2,1-4H3/b8-5+. The second-order valence-corrected chi connectivity index (χ2v) is 7.76. The zero-order valence-electron chi connectivity index (χ0n) is 19.8. The highest BCUT2D eigenvalue weighted by molar-refractivity contribution is 5.92. The van der Waals surface area contributed by atoms with Gasteiger partial charge < -0.3 is 24.0 Å². The predicted molar refractivity (Wildman–Crippen MR) is 128 cm³/mol. The molecule has 3 aromatic rings. The number of rotatable bonds is 7. The van der Waals surface area contributed by atoms with Gasteiger partial charge in [-0.1, -0.05) is 0 Å². The maximum Gasteiger partial charge on any atom is 0.246 e. The Bertz CT molecular complexity index is 1140. The Labute approximate surface area is 198 Å². The van der Waals surface area contributed by atoms with Gasteiger partial charge in [0, 0.05) is 38.5 Å². The minimum Gasteiger partial charge on any atom is -0.493 e. The molecule has 0 unspecified atom stereocenters. The number of ether oxygens (including phenoxy) is 3. The molecule has 34 heavy (non-hydrogen) atoms. The minimum atomic E-state index is -0.0520. The fraction of sp³-hybridized carbons (Fsp3) is 0.333. The summed E-state index contributed by atoms with van der Waals surface area (Å²) in [6.45, 7) is 4.48. The van der Waals surface area contributed by atoms with Crippen molar-refractivity contribution in [1.29, 1.82) is 0 Å². The molecule has 0 N–H and O–H groups in total. The van der Waals surface area contributed by atoms with Crippen molar-refractivity contribution in [2.45, 2.75) is 6.92 Å². The Morgan fingerprint density at radius 3 is 2.09 bits per heavy atom. The highest BCUT2D eigenvalue weighted by Gasteiger charge is 2.21. The third-order valence-electron chi connectivity index (χ3n) is 5.61. The number of hydrogen-bond donors (Lipinski definition) is 0. The highest BCUT2D eigenvalue weighted by Crippen LogP contribution is 2.38. The van der Waals surface area contributed by atoms with Gasteiger partial charge in [0.15, 0.2) is 23.1 Å². The fourth-order valence-electron chi connectivity index (χ4n) is 3.78. The van der Waals surface area contributed by atoms with E-state index in [0.717, 1.165) is 17.1 Å². The summed E-state index contributed by atoms with van der Waals surface area (Å²) < 4.78 is 17.8. The minimum absolute atomic E-state index is 0.0520. The molecule has 0 saturated carbocycles. The number of aromatic nitrogens is 4. The molecule has 1 aromatic carbocycles. The van der Waals surface area contributed by atoms with Gasteiger partial charge in [0.25, 0.3) is 0 Å². The van der Waals surface area contributed by atoms with E-state index in [0.29, 0.717) is 49.2 Å². The molecule has 1 aliphatic rings. The van der Waals surface area contributed by atoms with E-state index in [-0.39, 0.29) is 5.91 Å². The van der Waals surface area contributed by atoms with Gasteiger partial charge in [-0.3, -0.25) is 4.79 Å². The Hall–Kier alpha value is -4.08.